The van der Waals surface area contributed by atoms with Gasteiger partial charge in [0.25, 0.3) is 5.91 Å². The Hall–Kier alpha value is -2.59. The molecule has 1 amide bonds. The van der Waals surface area contributed by atoms with Crippen LogP contribution in [-0.4, -0.2) is 16.3 Å². The number of hydrogen-bond donors (Lipinski definition) is 0. The van der Waals surface area contributed by atoms with Gasteiger partial charge in [0.15, 0.2) is 0 Å². The molecule has 0 radical (unpaired) electrons. The van der Waals surface area contributed by atoms with Crippen LogP contribution in [-0.2, 0) is 15.3 Å². The minimum absolute atomic E-state index is 0.374. The molecule has 1 aliphatic heterocycles. The van der Waals surface area contributed by atoms with Crippen LogP contribution in [0.2, 0.25) is 0 Å². The van der Waals surface area contributed by atoms with Crippen LogP contribution in [0.1, 0.15) is 18.1 Å². The number of para-hydroxylation sites is 1. The maximum absolute atomic E-state index is 13.0. The smallest absolute Gasteiger partial charge is 0.271 e. The van der Waals surface area contributed by atoms with Crippen LogP contribution < -0.4 is 4.90 Å². The lowest BCUT2D eigenvalue weighted by atomic mass is 9.86. The summed E-state index contributed by atoms with van der Waals surface area (Å²) in [6.45, 7) is 1.90. The molecule has 1 saturated heterocycles. The highest BCUT2D eigenvalue weighted by molar-refractivity contribution is 6.63. The Morgan fingerprint density at radius 2 is 1.40 bits per heavy atom. The van der Waals surface area contributed by atoms with Gasteiger partial charge in [-0.25, -0.2) is 0 Å². The number of β-lactam (4-membered cyclic amide) rings is 1. The Balaban J connectivity index is 1.75. The molecular weight excluding hydrogens is 417 g/mol. The Morgan fingerprint density at radius 1 is 0.867 bits per heavy atom. The summed E-state index contributed by atoms with van der Waals surface area (Å²) >= 11 is 13.3. The molecule has 0 aromatic heterocycles. The van der Waals surface area contributed by atoms with Crippen molar-refractivity contribution in [2.45, 2.75) is 23.1 Å². The summed E-state index contributed by atoms with van der Waals surface area (Å²) in [4.78, 5) is 14.5. The molecule has 152 valence electrons. The molecule has 1 fully saturated rings. The van der Waals surface area contributed by atoms with Gasteiger partial charge in [-0.15, -0.1) is 0 Å². The van der Waals surface area contributed by atoms with Crippen LogP contribution in [0.3, 0.4) is 0 Å². The monoisotopic (exact) mass is 437 g/mol. The molecule has 3 nitrogen and oxygen atoms in total. The number of ether oxygens (including phenoxy) is 1. The van der Waals surface area contributed by atoms with E-state index in [0.29, 0.717) is 11.3 Å². The largest absolute Gasteiger partial charge is 0.340 e. The van der Waals surface area contributed by atoms with Crippen molar-refractivity contribution >= 4 is 40.9 Å². The fourth-order valence-corrected chi connectivity index (χ4v) is 4.33. The molecule has 3 aromatic rings. The molecule has 5 heteroatoms. The van der Waals surface area contributed by atoms with Gasteiger partial charge in [-0.3, -0.25) is 9.69 Å². The first-order valence-electron chi connectivity index (χ1n) is 9.71. The molecule has 0 spiro atoms. The van der Waals surface area contributed by atoms with Gasteiger partial charge in [0.2, 0.25) is 10.1 Å². The summed E-state index contributed by atoms with van der Waals surface area (Å²) in [6, 6.07) is 28.6. The average Bonchev–Trinajstić information content (AvgIpc) is 2.79. The van der Waals surface area contributed by atoms with Crippen molar-refractivity contribution in [3.8, 4) is 0 Å². The van der Waals surface area contributed by atoms with Gasteiger partial charge < -0.3 is 4.74 Å². The van der Waals surface area contributed by atoms with Crippen molar-refractivity contribution in [1.29, 1.82) is 0 Å². The van der Waals surface area contributed by atoms with Gasteiger partial charge in [0, 0.05) is 11.3 Å². The number of benzene rings is 3. The number of halogens is 2. The molecule has 3 aromatic carbocycles. The van der Waals surface area contributed by atoms with Crippen molar-refractivity contribution < 1.29 is 9.53 Å². The first-order chi connectivity index (χ1) is 14.5. The van der Waals surface area contributed by atoms with Gasteiger partial charge in [0.05, 0.1) is 6.10 Å². The number of anilines is 1. The molecule has 1 aliphatic rings. The van der Waals surface area contributed by atoms with E-state index in [9.17, 15) is 4.79 Å². The van der Waals surface area contributed by atoms with Crippen LogP contribution >= 0.6 is 23.2 Å². The van der Waals surface area contributed by atoms with E-state index in [2.05, 4.69) is 0 Å². The first-order valence-corrected chi connectivity index (χ1v) is 10.5. The SMILES string of the molecule is C[C@H](/C=C/c1ccccc1)O[C@@]1(c2ccccc2)N(c2ccccc2)C(=O)C1(Cl)Cl. The van der Waals surface area contributed by atoms with Crippen molar-refractivity contribution in [2.75, 3.05) is 4.90 Å². The fourth-order valence-electron chi connectivity index (χ4n) is 3.68. The standard InChI is InChI=1S/C25H21Cl2NO2/c1-19(17-18-20-11-5-2-6-12-20)30-25(21-13-7-3-8-14-21)24(26,27)23(29)28(25)22-15-9-4-10-16-22/h2-19H,1H3/b18-17+/t19-,25-/m1/s1. The van der Waals surface area contributed by atoms with E-state index in [0.717, 1.165) is 5.56 Å². The number of hydrogen-bond acceptors (Lipinski definition) is 2. The second kappa shape index (κ2) is 8.27. The Bertz CT molecular complexity index is 1040. The predicted octanol–water partition coefficient (Wildman–Crippen LogP) is 6.18. The number of amides is 1. The normalized spacial score (nSPS) is 21.4. The Kier molecular flexibility index (Phi) is 5.70. The van der Waals surface area contributed by atoms with Gasteiger partial charge in [-0.2, -0.15) is 0 Å². The molecule has 0 bridgehead atoms. The van der Waals surface area contributed by atoms with E-state index < -0.39 is 16.0 Å². The molecule has 30 heavy (non-hydrogen) atoms. The zero-order valence-corrected chi connectivity index (χ0v) is 17.9. The fraction of sp³-hybridized carbons (Fsp3) is 0.160. The van der Waals surface area contributed by atoms with Crippen molar-refractivity contribution in [2.24, 2.45) is 0 Å². The summed E-state index contributed by atoms with van der Waals surface area (Å²) in [5.74, 6) is -0.417. The van der Waals surface area contributed by atoms with Crippen LogP contribution in [0.5, 0.6) is 0 Å². The lowest BCUT2D eigenvalue weighted by Crippen LogP contribution is -2.77. The topological polar surface area (TPSA) is 29.5 Å². The zero-order chi connectivity index (χ0) is 21.2. The molecule has 4 rings (SSSR count). The van der Waals surface area contributed by atoms with Gasteiger partial charge in [-0.1, -0.05) is 114 Å². The van der Waals surface area contributed by atoms with Gasteiger partial charge in [-0.05, 0) is 24.6 Å². The number of carbonyl (C=O) groups excluding carboxylic acids is 1. The van der Waals surface area contributed by atoms with Crippen molar-refractivity contribution in [1.82, 2.24) is 0 Å². The molecule has 0 N–H and O–H groups in total. The van der Waals surface area contributed by atoms with Crippen LogP contribution in [0.25, 0.3) is 6.08 Å². The summed E-state index contributed by atoms with van der Waals surface area (Å²) in [7, 11) is 0. The zero-order valence-electron chi connectivity index (χ0n) is 16.4. The van der Waals surface area contributed by atoms with Gasteiger partial charge >= 0.3 is 0 Å². The molecule has 2 atom stereocenters. The van der Waals surface area contributed by atoms with E-state index in [1.165, 1.54) is 4.90 Å². The number of nitrogens with zero attached hydrogens (tertiary/aromatic N) is 1. The van der Waals surface area contributed by atoms with Crippen LogP contribution in [0.4, 0.5) is 5.69 Å². The molecular formula is C25H21Cl2NO2. The highest BCUT2D eigenvalue weighted by Gasteiger charge is 2.73. The minimum atomic E-state index is -1.76. The second-order valence-electron chi connectivity index (χ2n) is 7.15. The molecule has 1 heterocycles. The number of carbonyl (C=O) groups is 1. The summed E-state index contributed by atoms with van der Waals surface area (Å²) in [5, 5.41) is 0. The Morgan fingerprint density at radius 3 is 2.00 bits per heavy atom. The predicted molar refractivity (Wildman–Crippen MR) is 123 cm³/mol. The first kappa shape index (κ1) is 20.7. The maximum Gasteiger partial charge on any atom is 0.271 e. The average molecular weight is 438 g/mol. The summed E-state index contributed by atoms with van der Waals surface area (Å²) < 4.78 is 4.72. The van der Waals surface area contributed by atoms with E-state index >= 15 is 0 Å². The second-order valence-corrected chi connectivity index (χ2v) is 8.48. The highest BCUT2D eigenvalue weighted by Crippen LogP contribution is 2.58. The van der Waals surface area contributed by atoms with Crippen LogP contribution in [0.15, 0.2) is 97.1 Å². The lowest BCUT2D eigenvalue weighted by molar-refractivity contribution is -0.162. The highest BCUT2D eigenvalue weighted by atomic mass is 35.5. The summed E-state index contributed by atoms with van der Waals surface area (Å²) in [6.07, 6.45) is 3.53. The van der Waals surface area contributed by atoms with Gasteiger partial charge in [0.1, 0.15) is 0 Å². The maximum atomic E-state index is 13.0. The Labute approximate surface area is 186 Å². The molecule has 0 aliphatic carbocycles. The third-order valence-corrected chi connectivity index (χ3v) is 5.94. The molecule has 0 unspecified atom stereocenters. The summed E-state index contributed by atoms with van der Waals surface area (Å²) in [5.41, 5.74) is 1.06. The van der Waals surface area contributed by atoms with Crippen molar-refractivity contribution in [3.05, 3.63) is 108 Å². The lowest BCUT2D eigenvalue weighted by Gasteiger charge is -2.59. The van der Waals surface area contributed by atoms with E-state index in [1.807, 2.05) is 110 Å². The molecule has 0 saturated carbocycles. The quantitative estimate of drug-likeness (QED) is 0.340. The van der Waals surface area contributed by atoms with E-state index in [1.54, 1.807) is 0 Å². The van der Waals surface area contributed by atoms with E-state index in [-0.39, 0.29) is 6.10 Å². The third-order valence-electron chi connectivity index (χ3n) is 5.11. The number of alkyl halides is 2. The minimum Gasteiger partial charge on any atom is -0.340 e. The number of rotatable bonds is 6. The van der Waals surface area contributed by atoms with Crippen LogP contribution in [0, 0.1) is 0 Å². The van der Waals surface area contributed by atoms with Crippen molar-refractivity contribution in [3.63, 3.8) is 0 Å². The van der Waals surface area contributed by atoms with E-state index in [4.69, 9.17) is 27.9 Å². The third kappa shape index (κ3) is 3.43.